The molecule has 1 unspecified atom stereocenters. The second-order valence-corrected chi connectivity index (χ2v) is 4.39. The summed E-state index contributed by atoms with van der Waals surface area (Å²) in [5.74, 6) is 0. The van der Waals surface area contributed by atoms with Crippen LogP contribution in [0.4, 0.5) is 0 Å². The summed E-state index contributed by atoms with van der Waals surface area (Å²) in [5, 5.41) is 10.2. The fraction of sp³-hybridized carbons (Fsp3) is 1.00. The maximum atomic E-state index is 10.3. The number of halogens is 1. The first-order chi connectivity index (χ1) is 6.10. The van der Waals surface area contributed by atoms with Crippen LogP contribution in [-0.2, 0) is 0 Å². The van der Waals surface area contributed by atoms with Crippen molar-refractivity contribution in [1.29, 1.82) is 0 Å². The average Bonchev–Trinajstić information content (AvgIpc) is 2.05. The molecule has 0 aromatic carbocycles. The van der Waals surface area contributed by atoms with Gasteiger partial charge in [0.2, 0.25) is 0 Å². The Morgan fingerprint density at radius 3 is 1.85 bits per heavy atom. The Hall–Kier alpha value is 0.250. The van der Waals surface area contributed by atoms with E-state index in [0.29, 0.717) is 0 Å². The highest BCUT2D eigenvalue weighted by Gasteiger charge is 2.32. The molecule has 0 aliphatic carbocycles. The molecular weight excluding hydrogens is 184 g/mol. The van der Waals surface area contributed by atoms with E-state index >= 15 is 0 Å². The van der Waals surface area contributed by atoms with E-state index in [0.717, 1.165) is 38.5 Å². The standard InChI is InChI=1S/C11H23ClO/c1-4-7-10(12)11(13,8-5-2)9-6-3/h10,13H,4-9H2,1-3H3. The molecule has 0 aliphatic rings. The molecule has 1 N–H and O–H groups in total. The van der Waals surface area contributed by atoms with Gasteiger partial charge in [0.15, 0.2) is 0 Å². The lowest BCUT2D eigenvalue weighted by atomic mass is 9.87. The molecule has 0 heterocycles. The van der Waals surface area contributed by atoms with Gasteiger partial charge in [-0.1, -0.05) is 40.0 Å². The molecule has 0 fully saturated rings. The highest BCUT2D eigenvalue weighted by Crippen LogP contribution is 2.30. The summed E-state index contributed by atoms with van der Waals surface area (Å²) >= 11 is 6.20. The number of alkyl halides is 1. The second kappa shape index (κ2) is 6.67. The monoisotopic (exact) mass is 206 g/mol. The number of rotatable bonds is 7. The molecule has 0 aromatic heterocycles. The van der Waals surface area contributed by atoms with E-state index in [1.54, 1.807) is 0 Å². The van der Waals surface area contributed by atoms with Crippen LogP contribution in [0.15, 0.2) is 0 Å². The highest BCUT2D eigenvalue weighted by atomic mass is 35.5. The second-order valence-electron chi connectivity index (χ2n) is 3.86. The molecule has 0 aromatic rings. The maximum absolute atomic E-state index is 10.3. The smallest absolute Gasteiger partial charge is 0.0810 e. The quantitative estimate of drug-likeness (QED) is 0.630. The van der Waals surface area contributed by atoms with Crippen LogP contribution in [-0.4, -0.2) is 16.1 Å². The number of hydrogen-bond donors (Lipinski definition) is 1. The lowest BCUT2D eigenvalue weighted by molar-refractivity contribution is 0.0149. The van der Waals surface area contributed by atoms with E-state index < -0.39 is 5.60 Å². The molecule has 0 spiro atoms. The summed E-state index contributed by atoms with van der Waals surface area (Å²) < 4.78 is 0. The third kappa shape index (κ3) is 4.33. The number of hydrogen-bond acceptors (Lipinski definition) is 1. The largest absolute Gasteiger partial charge is 0.388 e. The predicted octanol–water partition coefficient (Wildman–Crippen LogP) is 3.73. The summed E-state index contributed by atoms with van der Waals surface area (Å²) in [6, 6.07) is 0. The normalized spacial score (nSPS) is 14.5. The molecule has 13 heavy (non-hydrogen) atoms. The molecule has 0 rings (SSSR count). The van der Waals surface area contributed by atoms with E-state index in [4.69, 9.17) is 11.6 Å². The summed E-state index contributed by atoms with van der Waals surface area (Å²) in [6.07, 6.45) is 5.62. The van der Waals surface area contributed by atoms with Crippen molar-refractivity contribution in [3.63, 3.8) is 0 Å². The molecule has 1 nitrogen and oxygen atoms in total. The summed E-state index contributed by atoms with van der Waals surface area (Å²) in [6.45, 7) is 6.29. The lowest BCUT2D eigenvalue weighted by Gasteiger charge is -2.32. The molecule has 1 atom stereocenters. The van der Waals surface area contributed by atoms with Crippen LogP contribution in [0.5, 0.6) is 0 Å². The third-order valence-electron chi connectivity index (χ3n) is 2.49. The first-order valence-electron chi connectivity index (χ1n) is 5.47. The first kappa shape index (κ1) is 13.2. The molecular formula is C11H23ClO. The van der Waals surface area contributed by atoms with Crippen LogP contribution in [0, 0.1) is 0 Å². The van der Waals surface area contributed by atoms with Gasteiger partial charge in [0.1, 0.15) is 0 Å². The van der Waals surface area contributed by atoms with Crippen molar-refractivity contribution in [3.05, 3.63) is 0 Å². The minimum atomic E-state index is -0.624. The van der Waals surface area contributed by atoms with Gasteiger partial charge in [-0.15, -0.1) is 11.6 Å². The zero-order chi connectivity index (χ0) is 10.3. The first-order valence-corrected chi connectivity index (χ1v) is 5.90. The predicted molar refractivity (Wildman–Crippen MR) is 59.3 cm³/mol. The molecule has 0 amide bonds. The average molecular weight is 207 g/mol. The van der Waals surface area contributed by atoms with Gasteiger partial charge in [0.05, 0.1) is 11.0 Å². The van der Waals surface area contributed by atoms with E-state index in [2.05, 4.69) is 20.8 Å². The molecule has 0 aliphatic heterocycles. The number of aliphatic hydroxyl groups is 1. The lowest BCUT2D eigenvalue weighted by Crippen LogP contribution is -2.38. The van der Waals surface area contributed by atoms with Crippen molar-refractivity contribution >= 4 is 11.6 Å². The molecule has 0 saturated carbocycles. The van der Waals surface area contributed by atoms with Crippen LogP contribution < -0.4 is 0 Å². The minimum Gasteiger partial charge on any atom is -0.388 e. The van der Waals surface area contributed by atoms with Crippen molar-refractivity contribution in [2.75, 3.05) is 0 Å². The minimum absolute atomic E-state index is 0.0719. The van der Waals surface area contributed by atoms with Gasteiger partial charge < -0.3 is 5.11 Å². The Morgan fingerprint density at radius 2 is 1.54 bits per heavy atom. The van der Waals surface area contributed by atoms with Crippen LogP contribution in [0.3, 0.4) is 0 Å². The Morgan fingerprint density at radius 1 is 1.08 bits per heavy atom. The van der Waals surface area contributed by atoms with Crippen molar-refractivity contribution in [1.82, 2.24) is 0 Å². The topological polar surface area (TPSA) is 20.2 Å². The van der Waals surface area contributed by atoms with Crippen LogP contribution in [0.1, 0.15) is 59.3 Å². The Bertz CT molecular complexity index is 119. The zero-order valence-electron chi connectivity index (χ0n) is 9.15. The van der Waals surface area contributed by atoms with Crippen molar-refractivity contribution in [3.8, 4) is 0 Å². The van der Waals surface area contributed by atoms with E-state index in [-0.39, 0.29) is 5.38 Å². The van der Waals surface area contributed by atoms with Gasteiger partial charge >= 0.3 is 0 Å². The van der Waals surface area contributed by atoms with Crippen LogP contribution >= 0.6 is 11.6 Å². The molecule has 2 heteroatoms. The molecule has 0 radical (unpaired) electrons. The highest BCUT2D eigenvalue weighted by molar-refractivity contribution is 6.21. The maximum Gasteiger partial charge on any atom is 0.0810 e. The van der Waals surface area contributed by atoms with Crippen molar-refractivity contribution < 1.29 is 5.11 Å². The van der Waals surface area contributed by atoms with Gasteiger partial charge in [-0.05, 0) is 19.3 Å². The Kier molecular flexibility index (Phi) is 6.79. The Labute approximate surface area is 87.5 Å². The van der Waals surface area contributed by atoms with Gasteiger partial charge in [0, 0.05) is 0 Å². The summed E-state index contributed by atoms with van der Waals surface area (Å²) in [5.41, 5.74) is -0.624. The van der Waals surface area contributed by atoms with Crippen LogP contribution in [0.2, 0.25) is 0 Å². The van der Waals surface area contributed by atoms with E-state index in [1.807, 2.05) is 0 Å². The van der Waals surface area contributed by atoms with E-state index in [9.17, 15) is 5.11 Å². The van der Waals surface area contributed by atoms with Crippen LogP contribution in [0.25, 0.3) is 0 Å². The van der Waals surface area contributed by atoms with Gasteiger partial charge in [-0.2, -0.15) is 0 Å². The summed E-state index contributed by atoms with van der Waals surface area (Å²) in [4.78, 5) is 0. The Balaban J connectivity index is 4.18. The zero-order valence-corrected chi connectivity index (χ0v) is 9.90. The SMILES string of the molecule is CCCC(Cl)C(O)(CCC)CCC. The summed E-state index contributed by atoms with van der Waals surface area (Å²) in [7, 11) is 0. The third-order valence-corrected chi connectivity index (χ3v) is 3.12. The molecule has 0 saturated heterocycles. The van der Waals surface area contributed by atoms with Gasteiger partial charge in [-0.3, -0.25) is 0 Å². The van der Waals surface area contributed by atoms with Crippen molar-refractivity contribution in [2.45, 2.75) is 70.3 Å². The fourth-order valence-electron chi connectivity index (χ4n) is 1.83. The van der Waals surface area contributed by atoms with Gasteiger partial charge in [-0.25, -0.2) is 0 Å². The molecule has 80 valence electrons. The van der Waals surface area contributed by atoms with E-state index in [1.165, 1.54) is 0 Å². The molecule has 0 bridgehead atoms. The fourth-order valence-corrected chi connectivity index (χ4v) is 2.26. The van der Waals surface area contributed by atoms with Crippen molar-refractivity contribution in [2.24, 2.45) is 0 Å². The van der Waals surface area contributed by atoms with Gasteiger partial charge in [0.25, 0.3) is 0 Å².